The van der Waals surface area contributed by atoms with Gasteiger partial charge in [0.25, 0.3) is 0 Å². The zero-order chi connectivity index (χ0) is 12.7. The molecule has 2 rings (SSSR count). The molecular formula is C14H20ClNO. The molecule has 0 radical (unpaired) electrons. The van der Waals surface area contributed by atoms with Gasteiger partial charge in [-0.05, 0) is 42.4 Å². The van der Waals surface area contributed by atoms with E-state index in [2.05, 4.69) is 13.8 Å². The van der Waals surface area contributed by atoms with Crippen molar-refractivity contribution in [3.63, 3.8) is 0 Å². The molecule has 3 heteroatoms. The topological polar surface area (TPSA) is 35.2 Å². The van der Waals surface area contributed by atoms with E-state index >= 15 is 0 Å². The third-order valence-corrected chi connectivity index (χ3v) is 4.08. The Morgan fingerprint density at radius 3 is 2.53 bits per heavy atom. The lowest BCUT2D eigenvalue weighted by molar-refractivity contribution is 0.338. The average Bonchev–Trinajstić information content (AvgIpc) is 2.55. The van der Waals surface area contributed by atoms with Crippen LogP contribution in [0.3, 0.4) is 0 Å². The fraction of sp³-hybridized carbons (Fsp3) is 0.571. The van der Waals surface area contributed by atoms with Crippen LogP contribution in [0.15, 0.2) is 18.2 Å². The number of hydrogen-bond donors (Lipinski definition) is 1. The molecule has 1 aliphatic rings. The van der Waals surface area contributed by atoms with E-state index in [1.807, 2.05) is 18.2 Å². The first-order valence-electron chi connectivity index (χ1n) is 5.99. The summed E-state index contributed by atoms with van der Waals surface area (Å²) < 4.78 is 5.25. The molecule has 0 bridgehead atoms. The lowest BCUT2D eigenvalue weighted by Crippen LogP contribution is -2.34. The lowest BCUT2D eigenvalue weighted by Gasteiger charge is -2.27. The quantitative estimate of drug-likeness (QED) is 0.872. The highest BCUT2D eigenvalue weighted by atomic mass is 35.5. The number of benzene rings is 1. The highest BCUT2D eigenvalue weighted by Crippen LogP contribution is 2.48. The van der Waals surface area contributed by atoms with E-state index in [9.17, 15) is 0 Å². The molecule has 94 valence electrons. The second-order valence-electron chi connectivity index (χ2n) is 5.85. The van der Waals surface area contributed by atoms with Crippen molar-refractivity contribution < 1.29 is 4.74 Å². The van der Waals surface area contributed by atoms with Gasteiger partial charge in [-0.3, -0.25) is 0 Å². The maximum Gasteiger partial charge on any atom is 0.137 e. The molecular weight excluding hydrogens is 234 g/mol. The minimum atomic E-state index is -0.235. The van der Waals surface area contributed by atoms with E-state index in [-0.39, 0.29) is 5.54 Å². The number of nitrogens with two attached hydrogens (primary N) is 1. The Kier molecular flexibility index (Phi) is 3.13. The predicted octanol–water partition coefficient (Wildman–Crippen LogP) is 3.71. The first-order chi connectivity index (χ1) is 7.86. The Bertz CT molecular complexity index is 430. The van der Waals surface area contributed by atoms with Crippen LogP contribution in [-0.2, 0) is 5.54 Å². The zero-order valence-electron chi connectivity index (χ0n) is 10.7. The maximum absolute atomic E-state index is 6.53. The molecule has 0 saturated heterocycles. The first-order valence-corrected chi connectivity index (χ1v) is 6.37. The molecule has 1 aliphatic carbocycles. The van der Waals surface area contributed by atoms with Gasteiger partial charge in [0.1, 0.15) is 5.75 Å². The molecule has 2 N–H and O–H groups in total. The molecule has 0 spiro atoms. The predicted molar refractivity (Wildman–Crippen MR) is 71.5 cm³/mol. The van der Waals surface area contributed by atoms with Crippen LogP contribution in [0, 0.1) is 5.41 Å². The third kappa shape index (κ3) is 2.43. The van der Waals surface area contributed by atoms with E-state index in [1.165, 1.54) is 0 Å². The summed E-state index contributed by atoms with van der Waals surface area (Å²) in [6.07, 6.45) is 3.18. The highest BCUT2D eigenvalue weighted by molar-refractivity contribution is 6.32. The molecule has 1 aromatic carbocycles. The SMILES string of the molecule is COc1cc(C2(N)CCC(C)(C)C2)ccc1Cl. The molecule has 2 nitrogen and oxygen atoms in total. The van der Waals surface area contributed by atoms with Gasteiger partial charge in [0.2, 0.25) is 0 Å². The van der Waals surface area contributed by atoms with Gasteiger partial charge in [-0.25, -0.2) is 0 Å². The molecule has 0 aliphatic heterocycles. The standard InChI is InChI=1S/C14H20ClNO/c1-13(2)6-7-14(16,9-13)10-4-5-11(15)12(8-10)17-3/h4-5,8H,6-7,9,16H2,1-3H3. The summed E-state index contributed by atoms with van der Waals surface area (Å²) in [5.74, 6) is 0.707. The van der Waals surface area contributed by atoms with Gasteiger partial charge < -0.3 is 10.5 Å². The Hall–Kier alpha value is -0.730. The van der Waals surface area contributed by atoms with Crippen LogP contribution in [0.2, 0.25) is 5.02 Å². The van der Waals surface area contributed by atoms with Crippen molar-refractivity contribution in [1.82, 2.24) is 0 Å². The van der Waals surface area contributed by atoms with E-state index in [0.29, 0.717) is 16.2 Å². The molecule has 1 atom stereocenters. The zero-order valence-corrected chi connectivity index (χ0v) is 11.5. The summed E-state index contributed by atoms with van der Waals surface area (Å²) in [5.41, 5.74) is 7.75. The highest BCUT2D eigenvalue weighted by Gasteiger charge is 2.41. The molecule has 0 aromatic heterocycles. The van der Waals surface area contributed by atoms with Crippen molar-refractivity contribution in [2.24, 2.45) is 11.1 Å². The van der Waals surface area contributed by atoms with Crippen molar-refractivity contribution in [3.8, 4) is 5.75 Å². The fourth-order valence-corrected chi connectivity index (χ4v) is 3.00. The van der Waals surface area contributed by atoms with Gasteiger partial charge in [-0.15, -0.1) is 0 Å². The average molecular weight is 254 g/mol. The van der Waals surface area contributed by atoms with Gasteiger partial charge in [0.05, 0.1) is 12.1 Å². The van der Waals surface area contributed by atoms with Crippen molar-refractivity contribution in [2.45, 2.75) is 38.6 Å². The largest absolute Gasteiger partial charge is 0.495 e. The van der Waals surface area contributed by atoms with Crippen LogP contribution in [-0.4, -0.2) is 7.11 Å². The third-order valence-electron chi connectivity index (χ3n) is 3.77. The minimum absolute atomic E-state index is 0.235. The van der Waals surface area contributed by atoms with Crippen LogP contribution >= 0.6 is 11.6 Å². The van der Waals surface area contributed by atoms with E-state index in [0.717, 1.165) is 24.8 Å². The van der Waals surface area contributed by atoms with Crippen LogP contribution < -0.4 is 10.5 Å². The number of ether oxygens (including phenoxy) is 1. The number of methoxy groups -OCH3 is 1. The maximum atomic E-state index is 6.53. The normalized spacial score (nSPS) is 27.1. The van der Waals surface area contributed by atoms with Crippen LogP contribution in [0.1, 0.15) is 38.7 Å². The minimum Gasteiger partial charge on any atom is -0.495 e. The van der Waals surface area contributed by atoms with E-state index in [1.54, 1.807) is 7.11 Å². The summed E-state index contributed by atoms with van der Waals surface area (Å²) in [6.45, 7) is 4.55. The summed E-state index contributed by atoms with van der Waals surface area (Å²) in [5, 5.41) is 0.636. The molecule has 1 aromatic rings. The van der Waals surface area contributed by atoms with Crippen LogP contribution in [0.5, 0.6) is 5.75 Å². The first kappa shape index (κ1) is 12.7. The van der Waals surface area contributed by atoms with Gasteiger partial charge in [-0.1, -0.05) is 31.5 Å². The smallest absolute Gasteiger partial charge is 0.137 e. The van der Waals surface area contributed by atoms with Crippen molar-refractivity contribution in [2.75, 3.05) is 7.11 Å². The van der Waals surface area contributed by atoms with Gasteiger partial charge in [0, 0.05) is 5.54 Å². The second-order valence-corrected chi connectivity index (χ2v) is 6.25. The molecule has 1 fully saturated rings. The molecule has 0 amide bonds. The van der Waals surface area contributed by atoms with Gasteiger partial charge in [0.15, 0.2) is 0 Å². The molecule has 0 heterocycles. The van der Waals surface area contributed by atoms with E-state index < -0.39 is 0 Å². The van der Waals surface area contributed by atoms with Crippen molar-refractivity contribution in [3.05, 3.63) is 28.8 Å². The Balaban J connectivity index is 2.35. The second kappa shape index (κ2) is 4.18. The van der Waals surface area contributed by atoms with Crippen LogP contribution in [0.4, 0.5) is 0 Å². The Morgan fingerprint density at radius 2 is 2.00 bits per heavy atom. The Morgan fingerprint density at radius 1 is 1.29 bits per heavy atom. The lowest BCUT2D eigenvalue weighted by atomic mass is 9.84. The number of halogens is 1. The summed E-state index contributed by atoms with van der Waals surface area (Å²) in [6, 6.07) is 5.87. The monoisotopic (exact) mass is 253 g/mol. The molecule has 1 unspecified atom stereocenters. The van der Waals surface area contributed by atoms with Crippen molar-refractivity contribution in [1.29, 1.82) is 0 Å². The summed E-state index contributed by atoms with van der Waals surface area (Å²) in [7, 11) is 1.63. The van der Waals surface area contributed by atoms with Crippen molar-refractivity contribution >= 4 is 11.6 Å². The summed E-state index contributed by atoms with van der Waals surface area (Å²) >= 11 is 6.04. The van der Waals surface area contributed by atoms with E-state index in [4.69, 9.17) is 22.1 Å². The number of rotatable bonds is 2. The molecule has 1 saturated carbocycles. The van der Waals surface area contributed by atoms with Gasteiger partial charge in [-0.2, -0.15) is 0 Å². The molecule has 17 heavy (non-hydrogen) atoms. The van der Waals surface area contributed by atoms with Gasteiger partial charge >= 0.3 is 0 Å². The summed E-state index contributed by atoms with van der Waals surface area (Å²) in [4.78, 5) is 0. The van der Waals surface area contributed by atoms with Crippen LogP contribution in [0.25, 0.3) is 0 Å². The Labute approximate surface area is 108 Å². The number of hydrogen-bond acceptors (Lipinski definition) is 2. The fourth-order valence-electron chi connectivity index (χ4n) is 2.81.